The molecule has 1 N–H and O–H groups in total. The van der Waals surface area contributed by atoms with Gasteiger partial charge in [0.25, 0.3) is 0 Å². The molecule has 0 radical (unpaired) electrons. The van der Waals surface area contributed by atoms with Gasteiger partial charge in [0.05, 0.1) is 18.0 Å². The van der Waals surface area contributed by atoms with E-state index in [-0.39, 0.29) is 42.8 Å². The molecule has 140 valence electrons. The van der Waals surface area contributed by atoms with Crippen molar-refractivity contribution in [3.05, 3.63) is 34.4 Å². The highest BCUT2D eigenvalue weighted by Gasteiger charge is 2.22. The van der Waals surface area contributed by atoms with Crippen molar-refractivity contribution in [2.45, 2.75) is 26.2 Å². The van der Waals surface area contributed by atoms with Crippen LogP contribution in [0.25, 0.3) is 0 Å². The maximum absolute atomic E-state index is 12.2. The number of benzene rings is 1. The van der Waals surface area contributed by atoms with Crippen molar-refractivity contribution in [1.29, 1.82) is 0 Å². The average Bonchev–Trinajstić information content (AvgIpc) is 2.60. The highest BCUT2D eigenvalue weighted by molar-refractivity contribution is 5.85. The highest BCUT2D eigenvalue weighted by Crippen LogP contribution is 2.26. The summed E-state index contributed by atoms with van der Waals surface area (Å²) in [6.45, 7) is 5.79. The number of hydrogen-bond acceptors (Lipinski definition) is 5. The van der Waals surface area contributed by atoms with Gasteiger partial charge in [-0.25, -0.2) is 0 Å². The molecule has 0 saturated carbocycles. The summed E-state index contributed by atoms with van der Waals surface area (Å²) in [5.41, 5.74) is -0.0748. The van der Waals surface area contributed by atoms with Gasteiger partial charge in [0, 0.05) is 19.2 Å². The Bertz CT molecular complexity index is 563. The summed E-state index contributed by atoms with van der Waals surface area (Å²) in [5.74, 6) is 0.896. The molecule has 0 aliphatic carbocycles. The molecular weight excluding hydrogens is 346 g/mol. The molecule has 0 unspecified atom stereocenters. The summed E-state index contributed by atoms with van der Waals surface area (Å²) in [6.07, 6.45) is 2.28. The maximum atomic E-state index is 12.2. The molecule has 1 heterocycles. The lowest BCUT2D eigenvalue weighted by molar-refractivity contribution is -0.385. The zero-order chi connectivity index (χ0) is 17.4. The largest absolute Gasteiger partial charge is 0.486 e. The number of nitrogens with zero attached hydrogens (tertiary/aromatic N) is 2. The molecule has 1 amide bonds. The number of halogens is 1. The van der Waals surface area contributed by atoms with Crippen molar-refractivity contribution < 1.29 is 14.5 Å². The topological polar surface area (TPSA) is 84.7 Å². The predicted octanol–water partition coefficient (Wildman–Crippen LogP) is 2.63. The average molecular weight is 372 g/mol. The fraction of sp³-hybridized carbons (Fsp3) is 0.588. The van der Waals surface area contributed by atoms with Crippen molar-refractivity contribution in [3.63, 3.8) is 0 Å². The van der Waals surface area contributed by atoms with E-state index in [9.17, 15) is 14.9 Å². The van der Waals surface area contributed by atoms with E-state index in [1.165, 1.54) is 6.07 Å². The van der Waals surface area contributed by atoms with Gasteiger partial charge >= 0.3 is 5.69 Å². The van der Waals surface area contributed by atoms with Crippen LogP contribution >= 0.6 is 12.4 Å². The third kappa shape index (κ3) is 6.51. The van der Waals surface area contributed by atoms with E-state index >= 15 is 0 Å². The molecule has 25 heavy (non-hydrogen) atoms. The number of amides is 1. The first-order valence-corrected chi connectivity index (χ1v) is 8.46. The van der Waals surface area contributed by atoms with Crippen LogP contribution in [0.2, 0.25) is 0 Å². The Morgan fingerprint density at radius 2 is 2.04 bits per heavy atom. The minimum Gasteiger partial charge on any atom is -0.486 e. The molecule has 1 fully saturated rings. The van der Waals surface area contributed by atoms with Crippen molar-refractivity contribution in [3.8, 4) is 5.75 Å². The zero-order valence-corrected chi connectivity index (χ0v) is 15.3. The van der Waals surface area contributed by atoms with Crippen LogP contribution in [0.15, 0.2) is 24.3 Å². The molecule has 2 rings (SSSR count). The van der Waals surface area contributed by atoms with Gasteiger partial charge in [-0.3, -0.25) is 14.9 Å². The Labute approximate surface area is 154 Å². The summed E-state index contributed by atoms with van der Waals surface area (Å²) in [5, 5.41) is 14.3. The first kappa shape index (κ1) is 21.2. The summed E-state index contributed by atoms with van der Waals surface area (Å²) >= 11 is 0. The van der Waals surface area contributed by atoms with E-state index in [4.69, 9.17) is 4.74 Å². The zero-order valence-electron chi connectivity index (χ0n) is 14.5. The molecule has 0 spiro atoms. The van der Waals surface area contributed by atoms with E-state index in [0.29, 0.717) is 5.92 Å². The third-order valence-corrected chi connectivity index (χ3v) is 4.29. The van der Waals surface area contributed by atoms with Crippen LogP contribution in [0.1, 0.15) is 26.2 Å². The molecule has 1 aliphatic heterocycles. The van der Waals surface area contributed by atoms with Gasteiger partial charge in [-0.2, -0.15) is 0 Å². The second-order valence-electron chi connectivity index (χ2n) is 5.96. The van der Waals surface area contributed by atoms with Crippen LogP contribution in [-0.2, 0) is 4.79 Å². The summed E-state index contributed by atoms with van der Waals surface area (Å²) in [6, 6.07) is 6.22. The fourth-order valence-electron chi connectivity index (χ4n) is 2.87. The van der Waals surface area contributed by atoms with Crippen LogP contribution < -0.4 is 10.1 Å². The normalized spacial score (nSPS) is 14.7. The second-order valence-corrected chi connectivity index (χ2v) is 5.96. The van der Waals surface area contributed by atoms with Gasteiger partial charge in [0.2, 0.25) is 5.91 Å². The number of likely N-dealkylation sites (tertiary alicyclic amines) is 1. The molecule has 0 atom stereocenters. The van der Waals surface area contributed by atoms with Gasteiger partial charge in [0.15, 0.2) is 5.75 Å². The smallest absolute Gasteiger partial charge is 0.310 e. The Morgan fingerprint density at radius 1 is 1.36 bits per heavy atom. The number of nitro groups is 1. The van der Waals surface area contributed by atoms with Crippen molar-refractivity contribution in [1.82, 2.24) is 10.2 Å². The van der Waals surface area contributed by atoms with E-state index < -0.39 is 4.92 Å². The molecule has 1 aliphatic rings. The fourth-order valence-corrected chi connectivity index (χ4v) is 2.87. The van der Waals surface area contributed by atoms with Crippen LogP contribution in [-0.4, -0.2) is 48.5 Å². The van der Waals surface area contributed by atoms with E-state index in [1.54, 1.807) is 18.2 Å². The van der Waals surface area contributed by atoms with E-state index in [2.05, 4.69) is 12.2 Å². The molecule has 1 aromatic carbocycles. The first-order valence-electron chi connectivity index (χ1n) is 8.46. The van der Waals surface area contributed by atoms with E-state index in [1.807, 2.05) is 4.90 Å². The molecular formula is C17H26ClN3O4. The molecule has 0 bridgehead atoms. The lowest BCUT2D eigenvalue weighted by atomic mass is 9.96. The number of ether oxygens (including phenoxy) is 1. The summed E-state index contributed by atoms with van der Waals surface area (Å²) < 4.78 is 5.43. The molecule has 1 aromatic rings. The van der Waals surface area contributed by atoms with Crippen molar-refractivity contribution >= 4 is 24.0 Å². The number of hydrogen-bond donors (Lipinski definition) is 1. The minimum atomic E-state index is -0.480. The van der Waals surface area contributed by atoms with Crippen LogP contribution in [0, 0.1) is 16.0 Å². The molecule has 1 saturated heterocycles. The highest BCUT2D eigenvalue weighted by atomic mass is 35.5. The number of para-hydroxylation sites is 2. The maximum Gasteiger partial charge on any atom is 0.310 e. The van der Waals surface area contributed by atoms with Crippen molar-refractivity contribution in [2.24, 2.45) is 5.92 Å². The lowest BCUT2D eigenvalue weighted by Crippen LogP contribution is -2.41. The van der Waals surface area contributed by atoms with Gasteiger partial charge in [-0.15, -0.1) is 12.4 Å². The number of carbonyl (C=O) groups is 1. The third-order valence-electron chi connectivity index (χ3n) is 4.29. The Balaban J connectivity index is 0.00000312. The monoisotopic (exact) mass is 371 g/mol. The number of rotatable bonds is 8. The first-order chi connectivity index (χ1) is 11.6. The SMILES string of the molecule is CCNCC1CCN(C(=O)CCOc2ccccc2[N+](=O)[O-])CC1.Cl. The van der Waals surface area contributed by atoms with Crippen LogP contribution in [0.4, 0.5) is 5.69 Å². The minimum absolute atomic E-state index is 0. The second kappa shape index (κ2) is 10.9. The van der Waals surface area contributed by atoms with Gasteiger partial charge in [0.1, 0.15) is 0 Å². The predicted molar refractivity (Wildman–Crippen MR) is 98.3 cm³/mol. The molecule has 0 aromatic heterocycles. The molecule has 7 nitrogen and oxygen atoms in total. The Hall–Kier alpha value is -1.86. The summed E-state index contributed by atoms with van der Waals surface area (Å²) in [7, 11) is 0. The lowest BCUT2D eigenvalue weighted by Gasteiger charge is -2.32. The Morgan fingerprint density at radius 3 is 2.68 bits per heavy atom. The van der Waals surface area contributed by atoms with Crippen LogP contribution in [0.3, 0.4) is 0 Å². The van der Waals surface area contributed by atoms with Crippen molar-refractivity contribution in [2.75, 3.05) is 32.8 Å². The summed E-state index contributed by atoms with van der Waals surface area (Å²) in [4.78, 5) is 24.5. The number of nitro benzene ring substituents is 1. The standard InChI is InChI=1S/C17H25N3O4.ClH/c1-2-18-13-14-7-10-19(11-8-14)17(21)9-12-24-16-6-4-3-5-15(16)20(22)23;/h3-6,14,18H,2,7-13H2,1H3;1H. The number of piperidine rings is 1. The van der Waals surface area contributed by atoms with Gasteiger partial charge in [-0.05, 0) is 37.9 Å². The Kier molecular flexibility index (Phi) is 9.23. The quantitative estimate of drug-likeness (QED) is 0.561. The van der Waals surface area contributed by atoms with Gasteiger partial charge < -0.3 is 15.0 Å². The van der Waals surface area contributed by atoms with Crippen LogP contribution in [0.5, 0.6) is 5.75 Å². The van der Waals surface area contributed by atoms with Gasteiger partial charge in [-0.1, -0.05) is 19.1 Å². The number of nitrogens with one attached hydrogen (secondary N) is 1. The van der Waals surface area contributed by atoms with E-state index in [0.717, 1.165) is 39.0 Å². The number of carbonyl (C=O) groups excluding carboxylic acids is 1. The molecule has 8 heteroatoms.